The molecule has 0 fully saturated rings. The molecule has 176 valence electrons. The van der Waals surface area contributed by atoms with Crippen LogP contribution < -0.4 is 0 Å². The van der Waals surface area contributed by atoms with Gasteiger partial charge in [-0.1, -0.05) is 75.8 Å². The number of hydrogen-bond acceptors (Lipinski definition) is 5. The van der Waals surface area contributed by atoms with Gasteiger partial charge in [0.05, 0.1) is 16.0 Å². The number of carbonyl (C=O) groups is 2. The Hall–Kier alpha value is -2.46. The molecule has 1 atom stereocenters. The summed E-state index contributed by atoms with van der Waals surface area (Å²) < 4.78 is 0. The van der Waals surface area contributed by atoms with Crippen LogP contribution in [0, 0.1) is 11.8 Å². The van der Waals surface area contributed by atoms with Gasteiger partial charge in [0, 0.05) is 30.4 Å². The van der Waals surface area contributed by atoms with E-state index in [-0.39, 0.29) is 24.2 Å². The Labute approximate surface area is 200 Å². The van der Waals surface area contributed by atoms with E-state index in [2.05, 4.69) is 18.8 Å². The number of carbonyl (C=O) groups excluding carboxylic acids is 2. The first-order valence-corrected chi connectivity index (χ1v) is 12.8. The molecule has 2 amide bonds. The molecule has 2 N–H and O–H groups in total. The van der Waals surface area contributed by atoms with Crippen molar-refractivity contribution in [1.29, 1.82) is 0 Å². The quantitative estimate of drug-likeness (QED) is 0.247. The van der Waals surface area contributed by atoms with Gasteiger partial charge in [-0.3, -0.25) is 9.59 Å². The Morgan fingerprint density at radius 1 is 0.970 bits per heavy atom. The van der Waals surface area contributed by atoms with Crippen molar-refractivity contribution in [3.63, 3.8) is 0 Å². The van der Waals surface area contributed by atoms with Gasteiger partial charge in [-0.2, -0.15) is 0 Å². The summed E-state index contributed by atoms with van der Waals surface area (Å²) >= 11 is 1.24. The van der Waals surface area contributed by atoms with Gasteiger partial charge < -0.3 is 10.2 Å². The van der Waals surface area contributed by atoms with Crippen molar-refractivity contribution in [2.75, 3.05) is 6.61 Å². The number of rotatable bonds is 12. The highest BCUT2D eigenvalue weighted by molar-refractivity contribution is 7.10. The lowest BCUT2D eigenvalue weighted by Crippen LogP contribution is -2.49. The van der Waals surface area contributed by atoms with E-state index < -0.39 is 17.5 Å². The molecule has 6 heteroatoms. The summed E-state index contributed by atoms with van der Waals surface area (Å²) in [4.78, 5) is 27.1. The summed E-state index contributed by atoms with van der Waals surface area (Å²) in [6.07, 6.45) is 10.7. The Balaban J connectivity index is 1.62. The molecule has 2 heterocycles. The number of hydrogen-bond donors (Lipinski definition) is 2. The number of amides is 2. The Bertz CT molecular complexity index is 983. The molecule has 1 unspecified atom stereocenters. The second kappa shape index (κ2) is 12.1. The number of imide groups is 1. The number of thiophene rings is 1. The summed E-state index contributed by atoms with van der Waals surface area (Å²) in [5.41, 5.74) is -0.645. The van der Waals surface area contributed by atoms with E-state index in [9.17, 15) is 19.8 Å². The first-order chi connectivity index (χ1) is 16.0. The highest BCUT2D eigenvalue weighted by Crippen LogP contribution is 2.39. The molecule has 1 aromatic carbocycles. The molecule has 0 bridgehead atoms. The maximum atomic E-state index is 12.9. The molecule has 1 aromatic heterocycles. The molecule has 0 saturated carbocycles. The average Bonchev–Trinajstić information content (AvgIpc) is 3.39. The van der Waals surface area contributed by atoms with Gasteiger partial charge in [-0.15, -0.1) is 11.3 Å². The normalized spacial score (nSPS) is 14.7. The molecule has 0 aliphatic carbocycles. The Morgan fingerprint density at radius 2 is 1.58 bits per heavy atom. The number of fused-ring (bicyclic) bond motifs is 1. The van der Waals surface area contributed by atoms with Crippen LogP contribution in [0.2, 0.25) is 0 Å². The first kappa shape index (κ1) is 25.2. The largest absolute Gasteiger partial charge is 0.396 e. The number of unbranched alkanes of at least 4 members (excludes halogenated alkanes) is 8. The fourth-order valence-corrected chi connectivity index (χ4v) is 5.11. The lowest BCUT2D eigenvalue weighted by atomic mass is 10.0. The van der Waals surface area contributed by atoms with Gasteiger partial charge in [0.2, 0.25) is 0 Å². The SMILES string of the molecule is CCCCCCCCCCC#Cc1csc(C(O)(CCO)N2C(=O)c3ccccc3C2=O)c1. The third kappa shape index (κ3) is 5.92. The van der Waals surface area contributed by atoms with Crippen LogP contribution in [0.3, 0.4) is 0 Å². The summed E-state index contributed by atoms with van der Waals surface area (Å²) in [7, 11) is 0. The van der Waals surface area contributed by atoms with Crippen LogP contribution in [0.5, 0.6) is 0 Å². The van der Waals surface area contributed by atoms with Gasteiger partial charge >= 0.3 is 0 Å². The van der Waals surface area contributed by atoms with Gasteiger partial charge in [0.15, 0.2) is 5.72 Å². The van der Waals surface area contributed by atoms with Crippen molar-refractivity contribution in [2.45, 2.75) is 76.9 Å². The van der Waals surface area contributed by atoms with E-state index in [4.69, 9.17) is 0 Å². The summed E-state index contributed by atoms with van der Waals surface area (Å²) in [5, 5.41) is 22.8. The van der Waals surface area contributed by atoms with Crippen molar-refractivity contribution in [1.82, 2.24) is 4.90 Å². The van der Waals surface area contributed by atoms with E-state index in [0.29, 0.717) is 4.88 Å². The van der Waals surface area contributed by atoms with Gasteiger partial charge in [-0.05, 0) is 24.6 Å². The first-order valence-electron chi connectivity index (χ1n) is 11.9. The maximum absolute atomic E-state index is 12.9. The highest BCUT2D eigenvalue weighted by Gasteiger charge is 2.49. The Kier molecular flexibility index (Phi) is 9.25. The molecule has 5 nitrogen and oxygen atoms in total. The van der Waals surface area contributed by atoms with E-state index in [1.165, 1.54) is 56.3 Å². The summed E-state index contributed by atoms with van der Waals surface area (Å²) in [5.74, 6) is 5.21. The zero-order valence-electron chi connectivity index (χ0n) is 19.3. The van der Waals surface area contributed by atoms with E-state index in [1.807, 2.05) is 5.38 Å². The van der Waals surface area contributed by atoms with E-state index in [1.54, 1.807) is 30.3 Å². The van der Waals surface area contributed by atoms with Crippen LogP contribution in [0.25, 0.3) is 0 Å². The van der Waals surface area contributed by atoms with Crippen LogP contribution in [-0.4, -0.2) is 33.5 Å². The molecule has 0 saturated heterocycles. The van der Waals surface area contributed by atoms with Crippen molar-refractivity contribution < 1.29 is 19.8 Å². The molecular weight excluding hydrogens is 434 g/mol. The molecule has 2 aromatic rings. The number of aliphatic hydroxyl groups is 2. The standard InChI is InChI=1S/C27H33NO4S/c1-2-3-4-5-6-7-8-9-10-11-14-21-19-24(33-20-21)27(32,17-18-29)28-25(30)22-15-12-13-16-23(22)26(28)31/h12-13,15-16,19-20,29,32H,2-10,17-18H2,1H3. The topological polar surface area (TPSA) is 77.8 Å². The van der Waals surface area contributed by atoms with Gasteiger partial charge in [0.25, 0.3) is 11.8 Å². The third-order valence-electron chi connectivity index (χ3n) is 6.01. The number of benzene rings is 1. The van der Waals surface area contributed by atoms with Crippen LogP contribution in [-0.2, 0) is 5.72 Å². The predicted octanol–water partition coefficient (Wildman–Crippen LogP) is 5.45. The third-order valence-corrected chi connectivity index (χ3v) is 7.08. The summed E-state index contributed by atoms with van der Waals surface area (Å²) in [6.45, 7) is 1.86. The van der Waals surface area contributed by atoms with Gasteiger partial charge in [-0.25, -0.2) is 4.90 Å². The zero-order valence-corrected chi connectivity index (χ0v) is 20.1. The van der Waals surface area contributed by atoms with Gasteiger partial charge in [0.1, 0.15) is 0 Å². The van der Waals surface area contributed by atoms with E-state index >= 15 is 0 Å². The summed E-state index contributed by atoms with van der Waals surface area (Å²) in [6, 6.07) is 8.23. The molecule has 3 rings (SSSR count). The highest BCUT2D eigenvalue weighted by atomic mass is 32.1. The van der Waals surface area contributed by atoms with Crippen molar-refractivity contribution >= 4 is 23.2 Å². The molecule has 0 radical (unpaired) electrons. The monoisotopic (exact) mass is 467 g/mol. The fourth-order valence-electron chi connectivity index (χ4n) is 4.15. The molecule has 1 aliphatic rings. The molecule has 1 aliphatic heterocycles. The zero-order chi connectivity index (χ0) is 23.7. The molecular formula is C27H33NO4S. The van der Waals surface area contributed by atoms with Crippen LogP contribution in [0.1, 0.15) is 102 Å². The lowest BCUT2D eigenvalue weighted by molar-refractivity contribution is -0.0848. The van der Waals surface area contributed by atoms with Crippen molar-refractivity contribution in [2.24, 2.45) is 0 Å². The molecule has 33 heavy (non-hydrogen) atoms. The predicted molar refractivity (Wildman–Crippen MR) is 131 cm³/mol. The fraction of sp³-hybridized carbons (Fsp3) is 0.481. The van der Waals surface area contributed by atoms with E-state index in [0.717, 1.165) is 23.3 Å². The minimum atomic E-state index is -1.91. The van der Waals surface area contributed by atoms with Crippen molar-refractivity contribution in [3.8, 4) is 11.8 Å². The van der Waals surface area contributed by atoms with Crippen LogP contribution in [0.15, 0.2) is 35.7 Å². The Morgan fingerprint density at radius 3 is 2.18 bits per heavy atom. The number of nitrogens with zero attached hydrogens (tertiary/aromatic N) is 1. The minimum absolute atomic E-state index is 0.163. The second-order valence-electron chi connectivity index (χ2n) is 8.51. The van der Waals surface area contributed by atoms with Crippen molar-refractivity contribution in [3.05, 3.63) is 57.3 Å². The second-order valence-corrected chi connectivity index (χ2v) is 9.42. The number of aliphatic hydroxyl groups excluding tert-OH is 1. The van der Waals surface area contributed by atoms with Crippen LogP contribution in [0.4, 0.5) is 0 Å². The smallest absolute Gasteiger partial charge is 0.264 e. The maximum Gasteiger partial charge on any atom is 0.264 e. The molecule has 0 spiro atoms. The van der Waals surface area contributed by atoms with Crippen LogP contribution >= 0.6 is 11.3 Å². The lowest BCUT2D eigenvalue weighted by Gasteiger charge is -2.34. The minimum Gasteiger partial charge on any atom is -0.396 e. The average molecular weight is 468 g/mol.